The minimum absolute atomic E-state index is 0.123. The predicted molar refractivity (Wildman–Crippen MR) is 123 cm³/mol. The molecule has 6 nitrogen and oxygen atoms in total. The van der Waals surface area contributed by atoms with Gasteiger partial charge < -0.3 is 4.74 Å². The molecule has 1 aliphatic rings. The highest BCUT2D eigenvalue weighted by molar-refractivity contribution is 5.84. The van der Waals surface area contributed by atoms with Crippen LogP contribution in [0.2, 0.25) is 0 Å². The van der Waals surface area contributed by atoms with E-state index in [1.54, 1.807) is 55.0 Å². The van der Waals surface area contributed by atoms with E-state index < -0.39 is 23.1 Å². The molecule has 2 aromatic heterocycles. The topological polar surface area (TPSA) is 80.3 Å². The smallest absolute Gasteiger partial charge is 0.412 e. The highest BCUT2D eigenvalue weighted by Crippen LogP contribution is 2.37. The van der Waals surface area contributed by atoms with Crippen LogP contribution >= 0.6 is 0 Å². The third kappa shape index (κ3) is 4.69. The number of allylic oxidation sites excluding steroid dienone is 4. The fraction of sp³-hybridized carbons (Fsp3) is 0.308. The fourth-order valence-electron chi connectivity index (χ4n) is 4.35. The van der Waals surface area contributed by atoms with Crippen LogP contribution in [0, 0.1) is 11.3 Å². The molecular weight excluding hydrogens is 457 g/mol. The van der Waals surface area contributed by atoms with Crippen LogP contribution in [0.3, 0.4) is 0 Å². The van der Waals surface area contributed by atoms with Crippen LogP contribution in [0.5, 0.6) is 0 Å². The third-order valence-corrected chi connectivity index (χ3v) is 6.17. The molecule has 9 heteroatoms. The number of nitriles is 1. The van der Waals surface area contributed by atoms with Crippen LogP contribution < -0.4 is 0 Å². The van der Waals surface area contributed by atoms with E-state index in [1.807, 2.05) is 6.07 Å². The number of hydrogen-bond donors (Lipinski definition) is 0. The summed E-state index contributed by atoms with van der Waals surface area (Å²) in [5, 5.41) is 13.7. The first-order valence-corrected chi connectivity index (χ1v) is 11.1. The first-order valence-electron chi connectivity index (χ1n) is 11.1. The largest absolute Gasteiger partial charge is 0.465 e. The van der Waals surface area contributed by atoms with E-state index in [1.165, 1.54) is 6.08 Å². The summed E-state index contributed by atoms with van der Waals surface area (Å²) in [6.45, 7) is 3.66. The van der Waals surface area contributed by atoms with Crippen molar-refractivity contribution in [2.75, 3.05) is 6.61 Å². The van der Waals surface area contributed by atoms with Crippen molar-refractivity contribution in [3.05, 3.63) is 82.8 Å². The number of halogens is 3. The molecule has 0 aliphatic heterocycles. The van der Waals surface area contributed by atoms with Gasteiger partial charge in [0.15, 0.2) is 5.65 Å². The number of fused-ring (bicyclic) bond motifs is 1. The van der Waals surface area contributed by atoms with Crippen molar-refractivity contribution in [1.29, 1.82) is 5.26 Å². The summed E-state index contributed by atoms with van der Waals surface area (Å²) in [6.07, 6.45) is 1.64. The van der Waals surface area contributed by atoms with Crippen molar-refractivity contribution in [3.63, 3.8) is 0 Å². The van der Waals surface area contributed by atoms with Crippen molar-refractivity contribution in [2.45, 2.75) is 44.7 Å². The van der Waals surface area contributed by atoms with Crippen LogP contribution in [-0.2, 0) is 21.4 Å². The van der Waals surface area contributed by atoms with Gasteiger partial charge in [-0.05, 0) is 62.4 Å². The molecule has 180 valence electrons. The molecule has 1 aromatic carbocycles. The van der Waals surface area contributed by atoms with Gasteiger partial charge in [-0.25, -0.2) is 9.50 Å². The molecule has 35 heavy (non-hydrogen) atoms. The summed E-state index contributed by atoms with van der Waals surface area (Å²) in [5.74, 6) is -0.457. The maximum atomic E-state index is 13.2. The average molecular weight is 480 g/mol. The summed E-state index contributed by atoms with van der Waals surface area (Å²) < 4.78 is 46.0. The van der Waals surface area contributed by atoms with E-state index in [-0.39, 0.29) is 25.9 Å². The molecule has 1 aliphatic carbocycles. The number of hydrogen-bond acceptors (Lipinski definition) is 5. The molecule has 0 fully saturated rings. The lowest BCUT2D eigenvalue weighted by molar-refractivity contribution is -0.149. The van der Waals surface area contributed by atoms with Gasteiger partial charge in [0.25, 0.3) is 0 Å². The molecule has 4 rings (SSSR count). The first-order chi connectivity index (χ1) is 16.7. The van der Waals surface area contributed by atoms with Crippen LogP contribution in [0.15, 0.2) is 60.5 Å². The number of carbonyl (C=O) groups is 1. The van der Waals surface area contributed by atoms with Crippen molar-refractivity contribution in [2.24, 2.45) is 0 Å². The summed E-state index contributed by atoms with van der Waals surface area (Å²) >= 11 is 0. The standard InChI is InChI=1S/C26H23F3N4O2/c1-3-35-24(34)25(2,14-17-5-4-6-18(13-17)15-30)22-11-12-31-23-21(16-32-33(22)23)19-7-9-20(10-8-19)26(27,28)29/h4-7,9,11-13,16H,3,8,10,14H2,1-2H3. The molecular formula is C26H23F3N4O2. The van der Waals surface area contributed by atoms with Gasteiger partial charge >= 0.3 is 12.1 Å². The number of nitrogens with zero attached hydrogens (tertiary/aromatic N) is 4. The predicted octanol–water partition coefficient (Wildman–Crippen LogP) is 5.33. The Bertz CT molecular complexity index is 1380. The van der Waals surface area contributed by atoms with Crippen LogP contribution in [0.4, 0.5) is 13.2 Å². The molecule has 0 spiro atoms. The van der Waals surface area contributed by atoms with Gasteiger partial charge in [0, 0.05) is 17.3 Å². The minimum atomic E-state index is -4.35. The number of esters is 1. The maximum absolute atomic E-state index is 13.2. The Balaban J connectivity index is 1.80. The Morgan fingerprint density at radius 2 is 2.03 bits per heavy atom. The number of carbonyl (C=O) groups excluding carboxylic acids is 1. The zero-order valence-electron chi connectivity index (χ0n) is 19.3. The Kier molecular flexibility index (Phi) is 6.48. The summed E-state index contributed by atoms with van der Waals surface area (Å²) in [5.41, 5.74) is 1.79. The maximum Gasteiger partial charge on any atom is 0.412 e. The van der Waals surface area contributed by atoms with E-state index in [2.05, 4.69) is 16.2 Å². The number of aromatic nitrogens is 3. The number of rotatable bonds is 6. The lowest BCUT2D eigenvalue weighted by atomic mass is 9.80. The van der Waals surface area contributed by atoms with Gasteiger partial charge in [0.05, 0.1) is 30.1 Å². The molecule has 1 unspecified atom stereocenters. The van der Waals surface area contributed by atoms with Crippen molar-refractivity contribution in [3.8, 4) is 6.07 Å². The second-order valence-corrected chi connectivity index (χ2v) is 8.55. The minimum Gasteiger partial charge on any atom is -0.465 e. The van der Waals surface area contributed by atoms with Crippen molar-refractivity contribution >= 4 is 17.2 Å². The zero-order valence-corrected chi connectivity index (χ0v) is 19.3. The van der Waals surface area contributed by atoms with Crippen LogP contribution in [0.1, 0.15) is 49.1 Å². The monoisotopic (exact) mass is 480 g/mol. The van der Waals surface area contributed by atoms with Crippen LogP contribution in [0.25, 0.3) is 11.2 Å². The molecule has 0 amide bonds. The molecule has 0 saturated carbocycles. The van der Waals surface area contributed by atoms with Gasteiger partial charge in [-0.3, -0.25) is 4.79 Å². The Morgan fingerprint density at radius 3 is 2.69 bits per heavy atom. The molecule has 0 N–H and O–H groups in total. The number of alkyl halides is 3. The lowest BCUT2D eigenvalue weighted by Gasteiger charge is -2.28. The SMILES string of the molecule is CCOC(=O)C(C)(Cc1cccc(C#N)c1)c1ccnc2c(C3=CC=C(C(F)(F)F)CC3)cnn12. The molecule has 0 bridgehead atoms. The molecule has 0 radical (unpaired) electrons. The quantitative estimate of drug-likeness (QED) is 0.446. The summed E-state index contributed by atoms with van der Waals surface area (Å²) in [4.78, 5) is 17.7. The first kappa shape index (κ1) is 24.2. The lowest BCUT2D eigenvalue weighted by Crippen LogP contribution is -2.38. The number of benzene rings is 1. The highest BCUT2D eigenvalue weighted by atomic mass is 19.4. The summed E-state index contributed by atoms with van der Waals surface area (Å²) in [6, 6.07) is 10.8. The van der Waals surface area contributed by atoms with Gasteiger partial charge in [0.1, 0.15) is 5.41 Å². The van der Waals surface area contributed by atoms with E-state index in [0.29, 0.717) is 28.0 Å². The summed E-state index contributed by atoms with van der Waals surface area (Å²) in [7, 11) is 0. The van der Waals surface area contributed by atoms with Crippen molar-refractivity contribution in [1.82, 2.24) is 14.6 Å². The Hall–Kier alpha value is -3.93. The molecule has 2 heterocycles. The van der Waals surface area contributed by atoms with E-state index in [4.69, 9.17) is 4.74 Å². The fourth-order valence-corrected chi connectivity index (χ4v) is 4.35. The molecule has 1 atom stereocenters. The molecule has 3 aromatic rings. The highest BCUT2D eigenvalue weighted by Gasteiger charge is 2.40. The van der Waals surface area contributed by atoms with E-state index >= 15 is 0 Å². The van der Waals surface area contributed by atoms with Crippen LogP contribution in [-0.4, -0.2) is 33.4 Å². The van der Waals surface area contributed by atoms with E-state index in [9.17, 15) is 23.2 Å². The second-order valence-electron chi connectivity index (χ2n) is 8.55. The Morgan fingerprint density at radius 1 is 1.23 bits per heavy atom. The molecule has 0 saturated heterocycles. The van der Waals surface area contributed by atoms with Gasteiger partial charge in [0.2, 0.25) is 0 Å². The van der Waals surface area contributed by atoms with Gasteiger partial charge in [-0.15, -0.1) is 0 Å². The van der Waals surface area contributed by atoms with Gasteiger partial charge in [-0.1, -0.05) is 24.3 Å². The third-order valence-electron chi connectivity index (χ3n) is 6.17. The Labute approximate surface area is 200 Å². The number of ether oxygens (including phenoxy) is 1. The second kappa shape index (κ2) is 9.37. The van der Waals surface area contributed by atoms with E-state index in [0.717, 1.165) is 11.6 Å². The zero-order chi connectivity index (χ0) is 25.2. The average Bonchev–Trinajstić information content (AvgIpc) is 3.28. The van der Waals surface area contributed by atoms with Gasteiger partial charge in [-0.2, -0.15) is 23.5 Å². The van der Waals surface area contributed by atoms with Crippen molar-refractivity contribution < 1.29 is 22.7 Å². The normalized spacial score (nSPS) is 15.7.